The zero-order valence-electron chi connectivity index (χ0n) is 9.84. The van der Waals surface area contributed by atoms with Gasteiger partial charge in [-0.1, -0.05) is 27.7 Å². The molecule has 15 heavy (non-hydrogen) atoms. The maximum Gasteiger partial charge on any atom is 0.0590 e. The number of rotatable bonds is 4. The van der Waals surface area contributed by atoms with E-state index in [2.05, 4.69) is 53.9 Å². The summed E-state index contributed by atoms with van der Waals surface area (Å²) in [5, 5.41) is 3.45. The zero-order valence-corrected chi connectivity index (χ0v) is 11.4. The molecule has 1 heterocycles. The maximum absolute atomic E-state index is 4.04. The number of nitrogens with one attached hydrogen (secondary N) is 1. The highest BCUT2D eigenvalue weighted by Gasteiger charge is 2.21. The Morgan fingerprint density at radius 2 is 2.13 bits per heavy atom. The molecule has 0 aliphatic rings. The molecule has 0 atom stereocenters. The molecular formula is C12H19BrN2. The quantitative estimate of drug-likeness (QED) is 0.897. The second kappa shape index (κ2) is 4.97. The fourth-order valence-electron chi connectivity index (χ4n) is 1.05. The van der Waals surface area contributed by atoms with Crippen molar-refractivity contribution >= 4 is 21.6 Å². The van der Waals surface area contributed by atoms with Gasteiger partial charge in [0.05, 0.1) is 10.2 Å². The van der Waals surface area contributed by atoms with Gasteiger partial charge in [0.1, 0.15) is 0 Å². The summed E-state index contributed by atoms with van der Waals surface area (Å²) in [5.41, 5.74) is 1.40. The van der Waals surface area contributed by atoms with E-state index in [1.165, 1.54) is 0 Å². The number of halogens is 1. The molecule has 84 valence electrons. The van der Waals surface area contributed by atoms with Gasteiger partial charge < -0.3 is 5.32 Å². The van der Waals surface area contributed by atoms with Gasteiger partial charge in [-0.05, 0) is 33.3 Å². The molecule has 0 radical (unpaired) electrons. The van der Waals surface area contributed by atoms with Crippen LogP contribution in [0.1, 0.15) is 27.7 Å². The van der Waals surface area contributed by atoms with Crippen molar-refractivity contribution in [3.05, 3.63) is 22.9 Å². The molecule has 0 spiro atoms. The van der Waals surface area contributed by atoms with E-state index < -0.39 is 0 Å². The first kappa shape index (κ1) is 12.5. The van der Waals surface area contributed by atoms with Crippen molar-refractivity contribution in [2.75, 3.05) is 11.9 Å². The molecule has 0 bridgehead atoms. The van der Waals surface area contributed by atoms with Crippen molar-refractivity contribution < 1.29 is 0 Å². The third-order valence-corrected chi connectivity index (χ3v) is 3.70. The second-order valence-corrected chi connectivity index (χ2v) is 5.71. The molecule has 1 N–H and O–H groups in total. The number of nitrogens with zero attached hydrogens (tertiary/aromatic N) is 1. The Labute approximate surface area is 101 Å². The molecule has 1 aromatic rings. The maximum atomic E-state index is 4.04. The summed E-state index contributed by atoms with van der Waals surface area (Å²) in [6, 6.07) is 1.99. The topological polar surface area (TPSA) is 24.9 Å². The molecule has 0 aliphatic carbocycles. The lowest BCUT2D eigenvalue weighted by molar-refractivity contribution is 0.269. The average molecular weight is 271 g/mol. The molecule has 0 aromatic carbocycles. The minimum Gasteiger partial charge on any atom is -0.383 e. The van der Waals surface area contributed by atoms with Crippen LogP contribution in [-0.2, 0) is 0 Å². The summed E-state index contributed by atoms with van der Waals surface area (Å²) < 4.78 is 1.02. The zero-order chi connectivity index (χ0) is 11.5. The summed E-state index contributed by atoms with van der Waals surface area (Å²) in [5.74, 6) is 0.658. The Bertz CT molecular complexity index is 321. The van der Waals surface area contributed by atoms with Crippen LogP contribution in [0.4, 0.5) is 5.69 Å². The van der Waals surface area contributed by atoms with Gasteiger partial charge in [0, 0.05) is 18.9 Å². The Balaban J connectivity index is 2.62. The standard InChI is InChI=1S/C12H19BrN2/c1-9(2)12(3,4)8-15-11-5-6-14-7-10(11)13/h5-7,9H,8H2,1-4H3,(H,14,15). The van der Waals surface area contributed by atoms with Gasteiger partial charge >= 0.3 is 0 Å². The van der Waals surface area contributed by atoms with Crippen LogP contribution in [-0.4, -0.2) is 11.5 Å². The molecule has 0 aliphatic heterocycles. The van der Waals surface area contributed by atoms with Gasteiger partial charge in [-0.25, -0.2) is 0 Å². The second-order valence-electron chi connectivity index (χ2n) is 4.85. The normalized spacial score (nSPS) is 11.9. The van der Waals surface area contributed by atoms with Crippen molar-refractivity contribution in [3.8, 4) is 0 Å². The molecule has 0 fully saturated rings. The molecule has 0 saturated heterocycles. The molecule has 1 rings (SSSR count). The highest BCUT2D eigenvalue weighted by molar-refractivity contribution is 9.10. The Hall–Kier alpha value is -0.570. The monoisotopic (exact) mass is 270 g/mol. The SMILES string of the molecule is CC(C)C(C)(C)CNc1ccncc1Br. The van der Waals surface area contributed by atoms with Gasteiger partial charge in [-0.2, -0.15) is 0 Å². The number of pyridine rings is 1. The fourth-order valence-corrected chi connectivity index (χ4v) is 1.44. The van der Waals surface area contributed by atoms with Crippen LogP contribution in [0.3, 0.4) is 0 Å². The Morgan fingerprint density at radius 1 is 1.47 bits per heavy atom. The van der Waals surface area contributed by atoms with Gasteiger partial charge in [0.2, 0.25) is 0 Å². The van der Waals surface area contributed by atoms with E-state index in [4.69, 9.17) is 0 Å². The predicted molar refractivity (Wildman–Crippen MR) is 69.0 cm³/mol. The summed E-state index contributed by atoms with van der Waals surface area (Å²) in [6.07, 6.45) is 3.61. The molecule has 3 heteroatoms. The van der Waals surface area contributed by atoms with Crippen molar-refractivity contribution in [1.82, 2.24) is 4.98 Å². The van der Waals surface area contributed by atoms with E-state index in [0.29, 0.717) is 11.3 Å². The molecule has 2 nitrogen and oxygen atoms in total. The third-order valence-electron chi connectivity index (χ3n) is 3.07. The van der Waals surface area contributed by atoms with Gasteiger partial charge in [0.15, 0.2) is 0 Å². The summed E-state index contributed by atoms with van der Waals surface area (Å²) in [7, 11) is 0. The van der Waals surface area contributed by atoms with Crippen LogP contribution in [0, 0.1) is 11.3 Å². The van der Waals surface area contributed by atoms with Crippen LogP contribution < -0.4 is 5.32 Å². The van der Waals surface area contributed by atoms with Crippen LogP contribution in [0.15, 0.2) is 22.9 Å². The van der Waals surface area contributed by atoms with Crippen LogP contribution in [0.2, 0.25) is 0 Å². The molecule has 0 unspecified atom stereocenters. The third kappa shape index (κ3) is 3.49. The number of hydrogen-bond donors (Lipinski definition) is 1. The van der Waals surface area contributed by atoms with Crippen molar-refractivity contribution in [2.24, 2.45) is 11.3 Å². The minimum atomic E-state index is 0.294. The van der Waals surface area contributed by atoms with E-state index in [9.17, 15) is 0 Å². The molecule has 1 aromatic heterocycles. The van der Waals surface area contributed by atoms with Crippen molar-refractivity contribution in [1.29, 1.82) is 0 Å². The number of anilines is 1. The van der Waals surface area contributed by atoms with Crippen molar-refractivity contribution in [3.63, 3.8) is 0 Å². The lowest BCUT2D eigenvalue weighted by Crippen LogP contribution is -2.28. The van der Waals surface area contributed by atoms with E-state index in [0.717, 1.165) is 16.7 Å². The fraction of sp³-hybridized carbons (Fsp3) is 0.583. The molecule has 0 amide bonds. The number of hydrogen-bond acceptors (Lipinski definition) is 2. The van der Waals surface area contributed by atoms with E-state index in [-0.39, 0.29) is 0 Å². The smallest absolute Gasteiger partial charge is 0.0590 e. The van der Waals surface area contributed by atoms with Crippen LogP contribution >= 0.6 is 15.9 Å². The largest absolute Gasteiger partial charge is 0.383 e. The van der Waals surface area contributed by atoms with E-state index in [1.54, 1.807) is 6.20 Å². The van der Waals surface area contributed by atoms with Gasteiger partial charge in [-0.3, -0.25) is 4.98 Å². The van der Waals surface area contributed by atoms with E-state index >= 15 is 0 Å². The highest BCUT2D eigenvalue weighted by Crippen LogP contribution is 2.28. The van der Waals surface area contributed by atoms with Gasteiger partial charge in [-0.15, -0.1) is 0 Å². The van der Waals surface area contributed by atoms with Crippen molar-refractivity contribution in [2.45, 2.75) is 27.7 Å². The van der Waals surface area contributed by atoms with Crippen LogP contribution in [0.25, 0.3) is 0 Å². The minimum absolute atomic E-state index is 0.294. The lowest BCUT2D eigenvalue weighted by atomic mass is 9.81. The highest BCUT2D eigenvalue weighted by atomic mass is 79.9. The summed E-state index contributed by atoms with van der Waals surface area (Å²) >= 11 is 3.48. The Kier molecular flexibility index (Phi) is 4.14. The van der Waals surface area contributed by atoms with Gasteiger partial charge in [0.25, 0.3) is 0 Å². The average Bonchev–Trinajstić information content (AvgIpc) is 2.16. The molecule has 0 saturated carbocycles. The van der Waals surface area contributed by atoms with E-state index in [1.807, 2.05) is 12.3 Å². The molecular weight excluding hydrogens is 252 g/mol. The predicted octanol–water partition coefficient (Wildman–Crippen LogP) is 3.94. The summed E-state index contributed by atoms with van der Waals surface area (Å²) in [6.45, 7) is 10.0. The number of aromatic nitrogens is 1. The van der Waals surface area contributed by atoms with Crippen LogP contribution in [0.5, 0.6) is 0 Å². The first-order chi connectivity index (χ1) is 6.93. The Morgan fingerprint density at radius 3 is 2.67 bits per heavy atom. The lowest BCUT2D eigenvalue weighted by Gasteiger charge is -2.30. The first-order valence-corrected chi connectivity index (χ1v) is 6.06. The summed E-state index contributed by atoms with van der Waals surface area (Å²) in [4.78, 5) is 4.04. The first-order valence-electron chi connectivity index (χ1n) is 5.27.